The average molecular weight is 388 g/mol. The lowest BCUT2D eigenvalue weighted by Gasteiger charge is -2.42. The van der Waals surface area contributed by atoms with Gasteiger partial charge in [-0.25, -0.2) is 0 Å². The van der Waals surface area contributed by atoms with Crippen LogP contribution in [0.2, 0.25) is 0 Å². The first-order chi connectivity index (χ1) is 12.8. The van der Waals surface area contributed by atoms with Crippen molar-refractivity contribution in [1.82, 2.24) is 0 Å². The topological polar surface area (TPSA) is 155 Å². The number of hydrogen-bond acceptors (Lipinski definition) is 10. The highest BCUT2D eigenvalue weighted by molar-refractivity contribution is 5.66. The molecule has 10 heteroatoms. The lowest BCUT2D eigenvalue weighted by Crippen LogP contribution is -2.60. The summed E-state index contributed by atoms with van der Waals surface area (Å²) in [5.74, 6) is -1.39. The quantitative estimate of drug-likeness (QED) is 0.258. The van der Waals surface area contributed by atoms with Crippen molar-refractivity contribution >= 4 is 5.97 Å². The van der Waals surface area contributed by atoms with Crippen LogP contribution < -0.4 is 0 Å². The van der Waals surface area contributed by atoms with Gasteiger partial charge in [0.2, 0.25) is 6.29 Å². The maximum Gasteiger partial charge on any atom is 0.302 e. The molecule has 3 aliphatic rings. The van der Waals surface area contributed by atoms with Gasteiger partial charge in [-0.05, 0) is 11.6 Å². The maximum atomic E-state index is 11.1. The van der Waals surface area contributed by atoms with E-state index in [4.69, 9.17) is 18.9 Å². The minimum absolute atomic E-state index is 0.0562. The summed E-state index contributed by atoms with van der Waals surface area (Å²) in [6, 6.07) is 0. The van der Waals surface area contributed by atoms with E-state index in [1.807, 2.05) is 0 Å². The molecule has 3 rings (SSSR count). The molecule has 2 heterocycles. The van der Waals surface area contributed by atoms with Crippen molar-refractivity contribution in [3.05, 3.63) is 24.0 Å². The number of carbonyl (C=O) groups is 1. The van der Waals surface area contributed by atoms with Crippen molar-refractivity contribution < 1.29 is 49.3 Å². The van der Waals surface area contributed by atoms with E-state index in [-0.39, 0.29) is 12.5 Å². The number of rotatable bonds is 5. The monoisotopic (exact) mass is 388 g/mol. The summed E-state index contributed by atoms with van der Waals surface area (Å²) in [6.07, 6.45) is -4.45. The molecule has 1 fully saturated rings. The zero-order valence-corrected chi connectivity index (χ0v) is 14.6. The van der Waals surface area contributed by atoms with E-state index in [0.29, 0.717) is 5.57 Å². The standard InChI is InChI=1S/C17H24O10/c1-7(19)25-6-8-4-10(20)9-2-3-24-16(12(8)9)27-17-15(23)14(22)13(21)11(5-18)26-17/h2-4,9-18,20-23H,5-6H2,1H3/t9-,10+,11-,12+,13+,14+,15-,16-,17-/m0/s1. The van der Waals surface area contributed by atoms with Gasteiger partial charge in [-0.15, -0.1) is 0 Å². The van der Waals surface area contributed by atoms with Crippen molar-refractivity contribution in [2.75, 3.05) is 13.2 Å². The second kappa shape index (κ2) is 8.23. The fourth-order valence-corrected chi connectivity index (χ4v) is 3.55. The van der Waals surface area contributed by atoms with Crippen molar-refractivity contribution in [3.63, 3.8) is 0 Å². The van der Waals surface area contributed by atoms with Crippen LogP contribution in [-0.2, 0) is 23.7 Å². The predicted molar refractivity (Wildman–Crippen MR) is 86.6 cm³/mol. The van der Waals surface area contributed by atoms with Crippen LogP contribution >= 0.6 is 0 Å². The Bertz CT molecular complexity index is 603. The summed E-state index contributed by atoms with van der Waals surface area (Å²) in [6.45, 7) is 0.626. The second-order valence-electron chi connectivity index (χ2n) is 6.78. The van der Waals surface area contributed by atoms with E-state index in [1.165, 1.54) is 13.2 Å². The highest BCUT2D eigenvalue weighted by Crippen LogP contribution is 2.41. The third-order valence-corrected chi connectivity index (χ3v) is 4.99. The van der Waals surface area contributed by atoms with Crippen LogP contribution in [0.15, 0.2) is 24.0 Å². The predicted octanol–water partition coefficient (Wildman–Crippen LogP) is -2.23. The van der Waals surface area contributed by atoms with Crippen LogP contribution in [0.3, 0.4) is 0 Å². The Kier molecular flexibility index (Phi) is 6.16. The van der Waals surface area contributed by atoms with Gasteiger partial charge >= 0.3 is 5.97 Å². The summed E-state index contributed by atoms with van der Waals surface area (Å²) in [5.41, 5.74) is 0.585. The summed E-state index contributed by atoms with van der Waals surface area (Å²) in [5, 5.41) is 49.4. The molecular formula is C17H24O10. The van der Waals surface area contributed by atoms with Crippen LogP contribution in [0.4, 0.5) is 0 Å². The molecule has 0 amide bonds. The van der Waals surface area contributed by atoms with E-state index in [1.54, 1.807) is 12.2 Å². The molecule has 9 atom stereocenters. The molecule has 0 spiro atoms. The number of ether oxygens (including phenoxy) is 4. The minimum Gasteiger partial charge on any atom is -0.472 e. The fourth-order valence-electron chi connectivity index (χ4n) is 3.55. The van der Waals surface area contributed by atoms with Crippen LogP contribution in [-0.4, -0.2) is 87.8 Å². The molecule has 5 N–H and O–H groups in total. The van der Waals surface area contributed by atoms with Crippen LogP contribution in [0.5, 0.6) is 0 Å². The molecule has 0 aromatic carbocycles. The SMILES string of the molecule is CC(=O)OCC1=C[C@@H](O)[C@@H]2C=CO[C@@H](O[C@@H]3O[C@@H](CO)[C@@H](O)[C@@H](O)[C@@H]3O)[C@H]12. The molecule has 10 nitrogen and oxygen atoms in total. The van der Waals surface area contributed by atoms with Crippen LogP contribution in [0.1, 0.15) is 6.92 Å². The van der Waals surface area contributed by atoms with E-state index in [2.05, 4.69) is 0 Å². The lowest BCUT2D eigenvalue weighted by atomic mass is 9.88. The number of aliphatic hydroxyl groups is 5. The highest BCUT2D eigenvalue weighted by Gasteiger charge is 2.49. The molecule has 0 aromatic rings. The molecule has 0 radical (unpaired) electrons. The van der Waals surface area contributed by atoms with Gasteiger partial charge in [0, 0.05) is 12.8 Å². The minimum atomic E-state index is -1.58. The molecule has 0 unspecified atom stereocenters. The Morgan fingerprint density at radius 3 is 2.56 bits per heavy atom. The first kappa shape index (κ1) is 20.2. The third-order valence-electron chi connectivity index (χ3n) is 4.99. The van der Waals surface area contributed by atoms with Gasteiger partial charge in [-0.1, -0.05) is 6.08 Å². The summed E-state index contributed by atoms with van der Waals surface area (Å²) in [7, 11) is 0. The second-order valence-corrected chi connectivity index (χ2v) is 6.78. The number of fused-ring (bicyclic) bond motifs is 1. The molecule has 1 saturated heterocycles. The van der Waals surface area contributed by atoms with E-state index in [9.17, 15) is 30.3 Å². The van der Waals surface area contributed by atoms with Gasteiger partial charge in [-0.3, -0.25) is 4.79 Å². The molecule has 0 saturated carbocycles. The largest absolute Gasteiger partial charge is 0.472 e. The van der Waals surface area contributed by atoms with Gasteiger partial charge < -0.3 is 44.5 Å². The molecule has 152 valence electrons. The molecule has 0 aromatic heterocycles. The van der Waals surface area contributed by atoms with Crippen LogP contribution in [0.25, 0.3) is 0 Å². The molecule has 1 aliphatic carbocycles. The summed E-state index contributed by atoms with van der Waals surface area (Å²) >= 11 is 0. The summed E-state index contributed by atoms with van der Waals surface area (Å²) in [4.78, 5) is 11.1. The van der Waals surface area contributed by atoms with Gasteiger partial charge in [0.15, 0.2) is 6.29 Å². The number of hydrogen-bond donors (Lipinski definition) is 5. The highest BCUT2D eigenvalue weighted by atomic mass is 16.8. The smallest absolute Gasteiger partial charge is 0.302 e. The third kappa shape index (κ3) is 4.02. The summed E-state index contributed by atoms with van der Waals surface area (Å²) < 4.78 is 21.5. The van der Waals surface area contributed by atoms with E-state index >= 15 is 0 Å². The number of esters is 1. The van der Waals surface area contributed by atoms with Gasteiger partial charge in [0.05, 0.1) is 24.9 Å². The lowest BCUT2D eigenvalue weighted by molar-refractivity contribution is -0.339. The van der Waals surface area contributed by atoms with E-state index in [0.717, 1.165) is 0 Å². The number of carbonyl (C=O) groups excluding carboxylic acids is 1. The van der Waals surface area contributed by atoms with Crippen molar-refractivity contribution in [2.24, 2.45) is 11.8 Å². The first-order valence-corrected chi connectivity index (χ1v) is 8.63. The van der Waals surface area contributed by atoms with Gasteiger partial charge in [0.1, 0.15) is 31.0 Å². The van der Waals surface area contributed by atoms with Crippen molar-refractivity contribution in [1.29, 1.82) is 0 Å². The average Bonchev–Trinajstić information content (AvgIpc) is 2.97. The molecular weight excluding hydrogens is 364 g/mol. The Labute approximate surface area is 155 Å². The Morgan fingerprint density at radius 2 is 1.89 bits per heavy atom. The number of aliphatic hydroxyl groups excluding tert-OH is 5. The van der Waals surface area contributed by atoms with E-state index < -0.39 is 61.6 Å². The Morgan fingerprint density at radius 1 is 1.15 bits per heavy atom. The van der Waals surface area contributed by atoms with Crippen molar-refractivity contribution in [3.8, 4) is 0 Å². The van der Waals surface area contributed by atoms with Gasteiger partial charge in [-0.2, -0.15) is 0 Å². The Balaban J connectivity index is 1.74. The van der Waals surface area contributed by atoms with Crippen LogP contribution in [0, 0.1) is 11.8 Å². The maximum absolute atomic E-state index is 11.1. The van der Waals surface area contributed by atoms with Gasteiger partial charge in [0.25, 0.3) is 0 Å². The van der Waals surface area contributed by atoms with Crippen molar-refractivity contribution in [2.45, 2.75) is 50.0 Å². The zero-order chi connectivity index (χ0) is 19.7. The Hall–Kier alpha value is -1.53. The fraction of sp³-hybridized carbons (Fsp3) is 0.706. The molecule has 0 bridgehead atoms. The first-order valence-electron chi connectivity index (χ1n) is 8.63. The normalized spacial score (nSPS) is 43.6. The zero-order valence-electron chi connectivity index (χ0n) is 14.6. The molecule has 2 aliphatic heterocycles. The molecule has 27 heavy (non-hydrogen) atoms.